The van der Waals surface area contributed by atoms with Crippen LogP contribution in [0.2, 0.25) is 10.0 Å². The number of hydrogen-bond acceptors (Lipinski definition) is 4. The van der Waals surface area contributed by atoms with E-state index in [4.69, 9.17) is 28.9 Å². The third-order valence-electron chi connectivity index (χ3n) is 3.49. The zero-order chi connectivity index (χ0) is 17.8. The second-order valence-corrected chi connectivity index (χ2v) is 6.21. The van der Waals surface area contributed by atoms with Crippen LogP contribution in [-0.2, 0) is 6.54 Å². The number of nitrogen functional groups attached to an aromatic ring is 1. The van der Waals surface area contributed by atoms with E-state index in [0.717, 1.165) is 11.1 Å². The lowest BCUT2D eigenvalue weighted by Crippen LogP contribution is -2.22. The van der Waals surface area contributed by atoms with Crippen LogP contribution in [0.25, 0.3) is 11.3 Å². The number of benzene rings is 2. The van der Waals surface area contributed by atoms with Gasteiger partial charge >= 0.3 is 0 Å². The summed E-state index contributed by atoms with van der Waals surface area (Å²) < 4.78 is 0. The molecule has 0 saturated carbocycles. The summed E-state index contributed by atoms with van der Waals surface area (Å²) >= 11 is 11.9. The van der Waals surface area contributed by atoms with Crippen molar-refractivity contribution in [1.82, 2.24) is 15.3 Å². The number of anilines is 1. The van der Waals surface area contributed by atoms with Gasteiger partial charge in [0.1, 0.15) is 0 Å². The molecule has 0 spiro atoms. The topological polar surface area (TPSA) is 80.9 Å². The molecule has 0 aliphatic carbocycles. The predicted octanol–water partition coefficient (Wildman–Crippen LogP) is 3.96. The number of rotatable bonds is 4. The van der Waals surface area contributed by atoms with E-state index >= 15 is 0 Å². The van der Waals surface area contributed by atoms with Gasteiger partial charge in [0, 0.05) is 33.9 Å². The van der Waals surface area contributed by atoms with Gasteiger partial charge in [0.2, 0.25) is 5.95 Å². The van der Waals surface area contributed by atoms with Crippen molar-refractivity contribution < 1.29 is 4.79 Å². The Bertz CT molecular complexity index is 893. The van der Waals surface area contributed by atoms with E-state index in [2.05, 4.69) is 15.3 Å². The number of halogens is 2. The minimum Gasteiger partial charge on any atom is -0.368 e. The first kappa shape index (κ1) is 17.2. The smallest absolute Gasteiger partial charge is 0.251 e. The van der Waals surface area contributed by atoms with Crippen LogP contribution in [0, 0.1) is 0 Å². The van der Waals surface area contributed by atoms with Crippen LogP contribution >= 0.6 is 23.2 Å². The first-order valence-electron chi connectivity index (χ1n) is 7.43. The first-order valence-corrected chi connectivity index (χ1v) is 8.19. The Kier molecular flexibility index (Phi) is 5.16. The second kappa shape index (κ2) is 7.51. The molecule has 1 aromatic heterocycles. The summed E-state index contributed by atoms with van der Waals surface area (Å²) in [4.78, 5) is 20.3. The van der Waals surface area contributed by atoms with Crippen molar-refractivity contribution in [3.63, 3.8) is 0 Å². The molecule has 0 radical (unpaired) electrons. The van der Waals surface area contributed by atoms with E-state index in [1.165, 1.54) is 0 Å². The van der Waals surface area contributed by atoms with Gasteiger partial charge in [-0.05, 0) is 42.0 Å². The number of carbonyl (C=O) groups excluding carboxylic acids is 1. The Morgan fingerprint density at radius 3 is 2.36 bits per heavy atom. The predicted molar refractivity (Wildman–Crippen MR) is 99.5 cm³/mol. The van der Waals surface area contributed by atoms with Crippen LogP contribution in [-0.4, -0.2) is 15.9 Å². The number of aromatic nitrogens is 2. The lowest BCUT2D eigenvalue weighted by molar-refractivity contribution is 0.0951. The number of nitrogens with one attached hydrogen (secondary N) is 1. The summed E-state index contributed by atoms with van der Waals surface area (Å²) in [5.74, 6) is 0.0179. The molecule has 3 rings (SSSR count). The Morgan fingerprint density at radius 1 is 1.04 bits per heavy atom. The monoisotopic (exact) mass is 372 g/mol. The van der Waals surface area contributed by atoms with Crippen molar-refractivity contribution in [3.8, 4) is 11.3 Å². The zero-order valence-corrected chi connectivity index (χ0v) is 14.6. The fourth-order valence-corrected chi connectivity index (χ4v) is 2.90. The third kappa shape index (κ3) is 4.47. The largest absolute Gasteiger partial charge is 0.368 e. The Balaban J connectivity index is 1.68. The minimum absolute atomic E-state index is 0.190. The van der Waals surface area contributed by atoms with Gasteiger partial charge in [0.25, 0.3) is 5.91 Å². The van der Waals surface area contributed by atoms with E-state index in [1.54, 1.807) is 42.6 Å². The average molecular weight is 373 g/mol. The van der Waals surface area contributed by atoms with Crippen molar-refractivity contribution in [1.29, 1.82) is 0 Å². The average Bonchev–Trinajstić information content (AvgIpc) is 2.59. The van der Waals surface area contributed by atoms with Gasteiger partial charge in [-0.1, -0.05) is 35.3 Å². The molecule has 0 unspecified atom stereocenters. The molecule has 0 saturated heterocycles. The third-order valence-corrected chi connectivity index (χ3v) is 3.93. The number of nitrogens with zero attached hydrogens (tertiary/aromatic N) is 2. The molecule has 3 N–H and O–H groups in total. The summed E-state index contributed by atoms with van der Waals surface area (Å²) in [5.41, 5.74) is 8.51. The molecule has 5 nitrogen and oxygen atoms in total. The molecule has 0 aliphatic rings. The summed E-state index contributed by atoms with van der Waals surface area (Å²) in [6.45, 7) is 0.337. The SMILES string of the molecule is Nc1nccc(-c2ccc(C(=O)NCc3cc(Cl)cc(Cl)c3)cc2)n1. The molecule has 1 heterocycles. The summed E-state index contributed by atoms with van der Waals surface area (Å²) in [7, 11) is 0. The molecule has 0 fully saturated rings. The number of amides is 1. The minimum atomic E-state index is -0.190. The summed E-state index contributed by atoms with van der Waals surface area (Å²) in [5, 5.41) is 3.90. The van der Waals surface area contributed by atoms with Crippen LogP contribution in [0.3, 0.4) is 0 Å². The van der Waals surface area contributed by atoms with Gasteiger partial charge < -0.3 is 11.1 Å². The maximum atomic E-state index is 12.3. The molecule has 7 heteroatoms. The van der Waals surface area contributed by atoms with Gasteiger partial charge in [-0.25, -0.2) is 9.97 Å². The van der Waals surface area contributed by atoms with Gasteiger partial charge in [0.15, 0.2) is 0 Å². The van der Waals surface area contributed by atoms with E-state index in [9.17, 15) is 4.79 Å². The molecular weight excluding hydrogens is 359 g/mol. The second-order valence-electron chi connectivity index (χ2n) is 5.34. The van der Waals surface area contributed by atoms with Gasteiger partial charge in [-0.2, -0.15) is 0 Å². The van der Waals surface area contributed by atoms with Crippen LogP contribution in [0.15, 0.2) is 54.7 Å². The van der Waals surface area contributed by atoms with Crippen LogP contribution in [0.5, 0.6) is 0 Å². The fraction of sp³-hybridized carbons (Fsp3) is 0.0556. The van der Waals surface area contributed by atoms with Crippen molar-refractivity contribution in [2.75, 3.05) is 5.73 Å². The van der Waals surface area contributed by atoms with Crippen LogP contribution in [0.4, 0.5) is 5.95 Å². The molecule has 0 bridgehead atoms. The van der Waals surface area contributed by atoms with E-state index < -0.39 is 0 Å². The Morgan fingerprint density at radius 2 is 1.72 bits per heavy atom. The zero-order valence-electron chi connectivity index (χ0n) is 13.0. The number of hydrogen-bond donors (Lipinski definition) is 2. The highest BCUT2D eigenvalue weighted by Gasteiger charge is 2.07. The van der Waals surface area contributed by atoms with Gasteiger partial charge in [0.05, 0.1) is 5.69 Å². The highest BCUT2D eigenvalue weighted by Crippen LogP contribution is 2.20. The normalized spacial score (nSPS) is 10.5. The highest BCUT2D eigenvalue weighted by atomic mass is 35.5. The van der Waals surface area contributed by atoms with Crippen LogP contribution in [0.1, 0.15) is 15.9 Å². The highest BCUT2D eigenvalue weighted by molar-refractivity contribution is 6.34. The molecule has 0 atom stereocenters. The van der Waals surface area contributed by atoms with Gasteiger partial charge in [-0.3, -0.25) is 4.79 Å². The molecule has 2 aromatic carbocycles. The van der Waals surface area contributed by atoms with Crippen molar-refractivity contribution in [2.45, 2.75) is 6.54 Å². The van der Waals surface area contributed by atoms with E-state index in [0.29, 0.717) is 27.8 Å². The van der Waals surface area contributed by atoms with Crippen LogP contribution < -0.4 is 11.1 Å². The Hall–Kier alpha value is -2.63. The maximum Gasteiger partial charge on any atom is 0.251 e. The molecule has 1 amide bonds. The lowest BCUT2D eigenvalue weighted by atomic mass is 10.1. The van der Waals surface area contributed by atoms with Crippen molar-refractivity contribution in [2.24, 2.45) is 0 Å². The molecule has 3 aromatic rings. The summed E-state index contributed by atoms with van der Waals surface area (Å²) in [6.07, 6.45) is 1.59. The molecule has 126 valence electrons. The quantitative estimate of drug-likeness (QED) is 0.725. The van der Waals surface area contributed by atoms with E-state index in [1.807, 2.05) is 12.1 Å². The fourth-order valence-electron chi connectivity index (χ4n) is 2.32. The van der Waals surface area contributed by atoms with E-state index in [-0.39, 0.29) is 11.9 Å². The lowest BCUT2D eigenvalue weighted by Gasteiger charge is -2.07. The standard InChI is InChI=1S/C18H14Cl2N4O/c19-14-7-11(8-15(20)9-14)10-23-17(25)13-3-1-12(2-4-13)16-5-6-22-18(21)24-16/h1-9H,10H2,(H,23,25)(H2,21,22,24). The number of nitrogens with two attached hydrogens (primary N) is 1. The number of carbonyl (C=O) groups is 1. The van der Waals surface area contributed by atoms with Crippen molar-refractivity contribution in [3.05, 3.63) is 75.9 Å². The Labute approximate surface area is 154 Å². The molecule has 0 aliphatic heterocycles. The summed E-state index contributed by atoms with van der Waals surface area (Å²) in [6, 6.07) is 14.0. The maximum absolute atomic E-state index is 12.3. The molecule has 25 heavy (non-hydrogen) atoms. The first-order chi connectivity index (χ1) is 12.0. The van der Waals surface area contributed by atoms with Crippen molar-refractivity contribution >= 4 is 35.1 Å². The van der Waals surface area contributed by atoms with Gasteiger partial charge in [-0.15, -0.1) is 0 Å². The molecular formula is C18H14Cl2N4O.